The average Bonchev–Trinajstić information content (AvgIpc) is 2.71. The third kappa shape index (κ3) is 2.54. The maximum atomic E-state index is 4.65. The zero-order valence-electron chi connectivity index (χ0n) is 12.0. The van der Waals surface area contributed by atoms with Crippen molar-refractivity contribution in [3.8, 4) is 0 Å². The molecule has 3 nitrogen and oxygen atoms in total. The van der Waals surface area contributed by atoms with Gasteiger partial charge in [-0.05, 0) is 44.0 Å². The molecule has 0 radical (unpaired) electrons. The number of anilines is 2. The molecule has 1 aromatic carbocycles. The SMILES string of the molecule is CNCc1cccnc1N1CCCCc2ccccc21. The molecule has 20 heavy (non-hydrogen) atoms. The summed E-state index contributed by atoms with van der Waals surface area (Å²) in [4.78, 5) is 7.03. The van der Waals surface area contributed by atoms with E-state index in [1.165, 1.54) is 36.1 Å². The topological polar surface area (TPSA) is 28.2 Å². The lowest BCUT2D eigenvalue weighted by Gasteiger charge is -2.26. The highest BCUT2D eigenvalue weighted by Crippen LogP contribution is 2.32. The molecule has 3 rings (SSSR count). The number of pyridine rings is 1. The number of para-hydroxylation sites is 1. The Bertz CT molecular complexity index is 580. The molecule has 0 bridgehead atoms. The number of hydrogen-bond donors (Lipinski definition) is 1. The van der Waals surface area contributed by atoms with Gasteiger partial charge in [-0.25, -0.2) is 4.98 Å². The monoisotopic (exact) mass is 267 g/mol. The van der Waals surface area contributed by atoms with E-state index in [-0.39, 0.29) is 0 Å². The normalized spacial score (nSPS) is 14.8. The maximum Gasteiger partial charge on any atom is 0.137 e. The zero-order valence-corrected chi connectivity index (χ0v) is 12.0. The second-order valence-corrected chi connectivity index (χ2v) is 5.25. The third-order valence-electron chi connectivity index (χ3n) is 3.85. The van der Waals surface area contributed by atoms with E-state index in [1.54, 1.807) is 0 Å². The Morgan fingerprint density at radius 3 is 2.95 bits per heavy atom. The first-order chi connectivity index (χ1) is 9.90. The third-order valence-corrected chi connectivity index (χ3v) is 3.85. The van der Waals surface area contributed by atoms with Gasteiger partial charge in [0.15, 0.2) is 0 Å². The Morgan fingerprint density at radius 2 is 2.05 bits per heavy atom. The second kappa shape index (κ2) is 6.06. The van der Waals surface area contributed by atoms with Crippen LogP contribution in [0.3, 0.4) is 0 Å². The molecule has 0 unspecified atom stereocenters. The molecule has 0 atom stereocenters. The molecule has 0 saturated heterocycles. The largest absolute Gasteiger partial charge is 0.326 e. The van der Waals surface area contributed by atoms with Gasteiger partial charge >= 0.3 is 0 Å². The predicted octanol–water partition coefficient (Wildman–Crippen LogP) is 3.28. The van der Waals surface area contributed by atoms with Crippen LogP contribution >= 0.6 is 0 Å². The molecule has 0 amide bonds. The summed E-state index contributed by atoms with van der Waals surface area (Å²) < 4.78 is 0. The van der Waals surface area contributed by atoms with Crippen LogP contribution < -0.4 is 10.2 Å². The van der Waals surface area contributed by atoms with E-state index in [2.05, 4.69) is 45.5 Å². The molecule has 1 N–H and O–H groups in total. The van der Waals surface area contributed by atoms with Crippen molar-refractivity contribution in [1.29, 1.82) is 0 Å². The summed E-state index contributed by atoms with van der Waals surface area (Å²) in [5.74, 6) is 1.09. The lowest BCUT2D eigenvalue weighted by molar-refractivity contribution is 0.750. The summed E-state index contributed by atoms with van der Waals surface area (Å²) in [7, 11) is 1.98. The minimum atomic E-state index is 0.849. The van der Waals surface area contributed by atoms with Crippen molar-refractivity contribution in [2.75, 3.05) is 18.5 Å². The highest BCUT2D eigenvalue weighted by atomic mass is 15.2. The molecule has 0 spiro atoms. The van der Waals surface area contributed by atoms with Crippen molar-refractivity contribution in [2.24, 2.45) is 0 Å². The Hall–Kier alpha value is -1.87. The number of nitrogens with zero attached hydrogens (tertiary/aromatic N) is 2. The number of aromatic nitrogens is 1. The van der Waals surface area contributed by atoms with E-state index in [0.717, 1.165) is 18.9 Å². The lowest BCUT2D eigenvalue weighted by Crippen LogP contribution is -2.22. The number of rotatable bonds is 3. The average molecular weight is 267 g/mol. The predicted molar refractivity (Wildman–Crippen MR) is 83.4 cm³/mol. The molecule has 1 aliphatic heterocycles. The quantitative estimate of drug-likeness (QED) is 0.925. The van der Waals surface area contributed by atoms with Crippen LogP contribution in [-0.2, 0) is 13.0 Å². The van der Waals surface area contributed by atoms with Crippen molar-refractivity contribution in [3.63, 3.8) is 0 Å². The van der Waals surface area contributed by atoms with Crippen LogP contribution in [0.5, 0.6) is 0 Å². The number of fused-ring (bicyclic) bond motifs is 1. The highest BCUT2D eigenvalue weighted by Gasteiger charge is 2.19. The van der Waals surface area contributed by atoms with Gasteiger partial charge in [0.1, 0.15) is 5.82 Å². The minimum absolute atomic E-state index is 0.849. The maximum absolute atomic E-state index is 4.65. The molecule has 1 aliphatic rings. The fraction of sp³-hybridized carbons (Fsp3) is 0.353. The van der Waals surface area contributed by atoms with Gasteiger partial charge in [-0.15, -0.1) is 0 Å². The number of hydrogen-bond acceptors (Lipinski definition) is 3. The van der Waals surface area contributed by atoms with Crippen LogP contribution in [-0.4, -0.2) is 18.6 Å². The molecule has 0 aliphatic carbocycles. The van der Waals surface area contributed by atoms with E-state index >= 15 is 0 Å². The molecule has 0 saturated carbocycles. The van der Waals surface area contributed by atoms with Crippen LogP contribution in [0.2, 0.25) is 0 Å². The number of benzene rings is 1. The van der Waals surface area contributed by atoms with Crippen LogP contribution in [0.25, 0.3) is 0 Å². The van der Waals surface area contributed by atoms with Gasteiger partial charge in [0, 0.05) is 30.5 Å². The number of aryl methyl sites for hydroxylation is 1. The molecule has 3 heteroatoms. The summed E-state index contributed by atoms with van der Waals surface area (Å²) in [6.07, 6.45) is 5.52. The van der Waals surface area contributed by atoms with Gasteiger partial charge < -0.3 is 10.2 Å². The fourth-order valence-corrected chi connectivity index (χ4v) is 2.91. The zero-order chi connectivity index (χ0) is 13.8. The van der Waals surface area contributed by atoms with E-state index in [9.17, 15) is 0 Å². The summed E-state index contributed by atoms with van der Waals surface area (Å²) in [6, 6.07) is 12.9. The molecule has 2 aromatic rings. The van der Waals surface area contributed by atoms with Gasteiger partial charge in [-0.3, -0.25) is 0 Å². The standard InChI is InChI=1S/C17H21N3/c1-18-13-15-9-6-11-19-17(15)20-12-5-4-8-14-7-2-3-10-16(14)20/h2-3,6-7,9-11,18H,4-5,8,12-13H2,1H3. The summed E-state index contributed by atoms with van der Waals surface area (Å²) >= 11 is 0. The van der Waals surface area contributed by atoms with Crippen molar-refractivity contribution in [3.05, 3.63) is 53.7 Å². The van der Waals surface area contributed by atoms with Crippen molar-refractivity contribution in [1.82, 2.24) is 10.3 Å². The van der Waals surface area contributed by atoms with E-state index in [1.807, 2.05) is 19.3 Å². The first-order valence-corrected chi connectivity index (χ1v) is 7.34. The Morgan fingerprint density at radius 1 is 1.15 bits per heavy atom. The van der Waals surface area contributed by atoms with Gasteiger partial charge in [0.05, 0.1) is 0 Å². The number of nitrogens with one attached hydrogen (secondary N) is 1. The van der Waals surface area contributed by atoms with Crippen molar-refractivity contribution >= 4 is 11.5 Å². The Balaban J connectivity index is 2.05. The lowest BCUT2D eigenvalue weighted by atomic mass is 10.1. The first-order valence-electron chi connectivity index (χ1n) is 7.34. The van der Waals surface area contributed by atoms with Gasteiger partial charge in [-0.1, -0.05) is 24.3 Å². The molecule has 0 fully saturated rings. The van der Waals surface area contributed by atoms with Crippen LogP contribution in [0.15, 0.2) is 42.6 Å². The Kier molecular flexibility index (Phi) is 3.97. The van der Waals surface area contributed by atoms with Gasteiger partial charge in [-0.2, -0.15) is 0 Å². The van der Waals surface area contributed by atoms with E-state index < -0.39 is 0 Å². The molecule has 1 aromatic heterocycles. The first kappa shape index (κ1) is 13.1. The molecule has 104 valence electrons. The van der Waals surface area contributed by atoms with Gasteiger partial charge in [0.2, 0.25) is 0 Å². The molecular formula is C17H21N3. The van der Waals surface area contributed by atoms with E-state index in [4.69, 9.17) is 0 Å². The Labute approximate surface area is 120 Å². The fourth-order valence-electron chi connectivity index (χ4n) is 2.91. The van der Waals surface area contributed by atoms with E-state index in [0.29, 0.717) is 0 Å². The van der Waals surface area contributed by atoms with Gasteiger partial charge in [0.25, 0.3) is 0 Å². The molecular weight excluding hydrogens is 246 g/mol. The van der Waals surface area contributed by atoms with Crippen LogP contribution in [0.1, 0.15) is 24.0 Å². The van der Waals surface area contributed by atoms with Crippen LogP contribution in [0.4, 0.5) is 11.5 Å². The summed E-state index contributed by atoms with van der Waals surface area (Å²) in [5.41, 5.74) is 4.01. The summed E-state index contributed by atoms with van der Waals surface area (Å²) in [6.45, 7) is 1.90. The second-order valence-electron chi connectivity index (χ2n) is 5.25. The highest BCUT2D eigenvalue weighted by molar-refractivity contribution is 5.66. The van der Waals surface area contributed by atoms with Crippen LogP contribution in [0, 0.1) is 0 Å². The van der Waals surface area contributed by atoms with Crippen molar-refractivity contribution in [2.45, 2.75) is 25.8 Å². The minimum Gasteiger partial charge on any atom is -0.326 e. The molecule has 2 heterocycles. The summed E-state index contributed by atoms with van der Waals surface area (Å²) in [5, 5.41) is 3.24. The van der Waals surface area contributed by atoms with Crippen molar-refractivity contribution < 1.29 is 0 Å². The smallest absolute Gasteiger partial charge is 0.137 e.